The van der Waals surface area contributed by atoms with Crippen molar-refractivity contribution in [2.24, 2.45) is 16.7 Å². The lowest BCUT2D eigenvalue weighted by Crippen LogP contribution is -2.60. The zero-order valence-corrected chi connectivity index (χ0v) is 15.5. The molecule has 1 aliphatic heterocycles. The van der Waals surface area contributed by atoms with Gasteiger partial charge in [-0.1, -0.05) is 26.3 Å². The number of fused-ring (bicyclic) bond motifs is 2. The first kappa shape index (κ1) is 17.9. The fourth-order valence-corrected chi connectivity index (χ4v) is 6.19. The van der Waals surface area contributed by atoms with Crippen LogP contribution in [0.4, 0.5) is 0 Å². The van der Waals surface area contributed by atoms with Gasteiger partial charge in [-0.05, 0) is 62.9 Å². The van der Waals surface area contributed by atoms with E-state index in [9.17, 15) is 15.0 Å². The van der Waals surface area contributed by atoms with Crippen molar-refractivity contribution in [1.82, 2.24) is 0 Å². The number of hydrogen-bond donors (Lipinski definition) is 2. The number of hydrogen-bond acceptors (Lipinski definition) is 3. The van der Waals surface area contributed by atoms with Crippen LogP contribution in [0.15, 0.2) is 11.6 Å². The highest BCUT2D eigenvalue weighted by Gasteiger charge is 2.65. The molecule has 136 valence electrons. The van der Waals surface area contributed by atoms with Crippen molar-refractivity contribution in [2.75, 3.05) is 6.61 Å². The van der Waals surface area contributed by atoms with Gasteiger partial charge in [0.25, 0.3) is 0 Å². The van der Waals surface area contributed by atoms with Crippen molar-refractivity contribution in [2.45, 2.75) is 83.8 Å². The summed E-state index contributed by atoms with van der Waals surface area (Å²) in [5, 5.41) is 19.4. The number of carbonyl (C=O) groups is 1. The van der Waals surface area contributed by atoms with Gasteiger partial charge in [0.15, 0.2) is 0 Å². The van der Waals surface area contributed by atoms with E-state index in [-0.39, 0.29) is 29.5 Å². The number of rotatable bonds is 3. The highest BCUT2D eigenvalue weighted by Crippen LogP contribution is 2.66. The summed E-state index contributed by atoms with van der Waals surface area (Å²) in [6.45, 7) is 8.85. The van der Waals surface area contributed by atoms with Crippen molar-refractivity contribution < 1.29 is 19.7 Å². The van der Waals surface area contributed by atoms with Crippen molar-refractivity contribution in [3.8, 4) is 0 Å². The first-order valence-corrected chi connectivity index (χ1v) is 9.31. The summed E-state index contributed by atoms with van der Waals surface area (Å²) in [6.07, 6.45) is 8.23. The molecule has 2 fully saturated rings. The lowest BCUT2D eigenvalue weighted by Gasteiger charge is -2.61. The second-order valence-electron chi connectivity index (χ2n) is 9.21. The van der Waals surface area contributed by atoms with Crippen LogP contribution in [0.3, 0.4) is 0 Å². The maximum Gasteiger partial charge on any atom is 0.306 e. The van der Waals surface area contributed by atoms with Gasteiger partial charge >= 0.3 is 5.97 Å². The molecule has 2 N–H and O–H groups in total. The Labute approximate surface area is 145 Å². The molecular formula is C20H32O4. The smallest absolute Gasteiger partial charge is 0.306 e. The zero-order chi connectivity index (χ0) is 17.8. The van der Waals surface area contributed by atoms with E-state index in [1.165, 1.54) is 5.57 Å². The average molecular weight is 336 g/mol. The predicted molar refractivity (Wildman–Crippen MR) is 92.7 cm³/mol. The first-order valence-electron chi connectivity index (χ1n) is 9.31. The number of ether oxygens (including phenoxy) is 1. The Morgan fingerprint density at radius 3 is 2.58 bits per heavy atom. The number of carboxylic acid groups (broad SMARTS) is 1. The topological polar surface area (TPSA) is 66.8 Å². The summed E-state index contributed by atoms with van der Waals surface area (Å²) in [7, 11) is 0. The monoisotopic (exact) mass is 336 g/mol. The van der Waals surface area contributed by atoms with Gasteiger partial charge in [0.05, 0.1) is 17.6 Å². The van der Waals surface area contributed by atoms with E-state index in [1.54, 1.807) is 0 Å². The molecule has 0 unspecified atom stereocenters. The summed E-state index contributed by atoms with van der Waals surface area (Å²) in [5.41, 5.74) is 0.164. The summed E-state index contributed by atoms with van der Waals surface area (Å²) in [5.74, 6) is -0.419. The van der Waals surface area contributed by atoms with Crippen LogP contribution in [0.2, 0.25) is 0 Å². The molecule has 0 aromatic heterocycles. The van der Waals surface area contributed by atoms with Crippen LogP contribution < -0.4 is 0 Å². The molecule has 5 atom stereocenters. The van der Waals surface area contributed by atoms with E-state index in [4.69, 9.17) is 4.74 Å². The molecule has 0 aromatic carbocycles. The van der Waals surface area contributed by atoms with Crippen LogP contribution in [-0.4, -0.2) is 34.0 Å². The Bertz CT molecular complexity index is 570. The summed E-state index contributed by atoms with van der Waals surface area (Å²) < 4.78 is 6.68. The molecule has 4 heteroatoms. The molecule has 2 aliphatic carbocycles. The minimum absolute atomic E-state index is 0.0438. The number of aliphatic hydroxyl groups excluding tert-OH is 1. The Kier molecular flexibility index (Phi) is 4.16. The van der Waals surface area contributed by atoms with Gasteiger partial charge in [-0.3, -0.25) is 4.79 Å². The lowest BCUT2D eigenvalue weighted by atomic mass is 9.46. The third-order valence-corrected chi connectivity index (χ3v) is 7.59. The van der Waals surface area contributed by atoms with Crippen LogP contribution in [-0.2, 0) is 9.53 Å². The normalized spacial score (nSPS) is 48.2. The Hall–Kier alpha value is -0.870. The quantitative estimate of drug-likeness (QED) is 0.767. The third-order valence-electron chi connectivity index (χ3n) is 7.59. The molecule has 4 nitrogen and oxygen atoms in total. The van der Waals surface area contributed by atoms with Gasteiger partial charge in [-0.2, -0.15) is 0 Å². The maximum absolute atomic E-state index is 11.3. The van der Waals surface area contributed by atoms with Crippen molar-refractivity contribution in [3.05, 3.63) is 11.6 Å². The van der Waals surface area contributed by atoms with Crippen LogP contribution >= 0.6 is 0 Å². The maximum atomic E-state index is 11.3. The molecule has 0 radical (unpaired) electrons. The zero-order valence-electron chi connectivity index (χ0n) is 15.5. The molecule has 3 aliphatic rings. The molecule has 1 saturated carbocycles. The number of carboxylic acids is 1. The second kappa shape index (κ2) is 5.57. The minimum atomic E-state index is -0.794. The van der Waals surface area contributed by atoms with Crippen molar-refractivity contribution in [3.63, 3.8) is 0 Å². The van der Waals surface area contributed by atoms with Gasteiger partial charge in [0, 0.05) is 12.0 Å². The Morgan fingerprint density at radius 1 is 1.25 bits per heavy atom. The number of aliphatic carboxylic acids is 1. The van der Waals surface area contributed by atoms with Crippen molar-refractivity contribution in [1.29, 1.82) is 0 Å². The van der Waals surface area contributed by atoms with Crippen LogP contribution in [0.25, 0.3) is 0 Å². The van der Waals surface area contributed by atoms with Gasteiger partial charge in [-0.15, -0.1) is 0 Å². The van der Waals surface area contributed by atoms with Gasteiger partial charge in [0.1, 0.15) is 0 Å². The molecule has 3 rings (SSSR count). The van der Waals surface area contributed by atoms with E-state index in [0.29, 0.717) is 5.92 Å². The van der Waals surface area contributed by atoms with Crippen LogP contribution in [0.1, 0.15) is 72.6 Å². The largest absolute Gasteiger partial charge is 0.481 e. The van der Waals surface area contributed by atoms with Crippen LogP contribution in [0.5, 0.6) is 0 Å². The van der Waals surface area contributed by atoms with Gasteiger partial charge in [0.2, 0.25) is 0 Å². The fraction of sp³-hybridized carbons (Fsp3) is 0.850. The average Bonchev–Trinajstić information content (AvgIpc) is 2.83. The summed E-state index contributed by atoms with van der Waals surface area (Å²) in [6, 6.07) is 0. The Balaban J connectivity index is 2.02. The van der Waals surface area contributed by atoms with E-state index in [2.05, 4.69) is 26.8 Å². The molecule has 1 saturated heterocycles. The molecule has 0 bridgehead atoms. The first-order chi connectivity index (χ1) is 11.1. The molecule has 24 heavy (non-hydrogen) atoms. The van der Waals surface area contributed by atoms with Gasteiger partial charge in [-0.25, -0.2) is 0 Å². The summed E-state index contributed by atoms with van der Waals surface area (Å²) in [4.78, 5) is 11.3. The Morgan fingerprint density at radius 2 is 1.96 bits per heavy atom. The number of aliphatic hydroxyl groups is 1. The second-order valence-corrected chi connectivity index (χ2v) is 9.21. The van der Waals surface area contributed by atoms with E-state index < -0.39 is 11.6 Å². The third kappa shape index (κ3) is 2.37. The number of allylic oxidation sites excluding steroid dienone is 1. The SMILES string of the molecule is CC1=CC[C@H]2[C@](C)(CO)CCC[C@]2(C)[C@@]12CC[C@@](C)(CC(=O)O)O2. The summed E-state index contributed by atoms with van der Waals surface area (Å²) >= 11 is 0. The molecule has 1 heterocycles. The molecular weight excluding hydrogens is 304 g/mol. The molecule has 0 amide bonds. The van der Waals surface area contributed by atoms with Crippen molar-refractivity contribution >= 4 is 5.97 Å². The fourth-order valence-electron chi connectivity index (χ4n) is 6.19. The van der Waals surface area contributed by atoms with E-state index >= 15 is 0 Å². The molecule has 1 spiro atoms. The van der Waals surface area contributed by atoms with Gasteiger partial charge < -0.3 is 14.9 Å². The standard InChI is InChI=1S/C20H32O4/c1-14-6-7-15-17(2,13-21)8-5-9-19(15,4)20(14)11-10-18(3,24-20)12-16(22)23/h6,15,21H,5,7-13H2,1-4H3,(H,22,23)/t15-,17-,18-,19-,20+/m0/s1. The van der Waals surface area contributed by atoms with E-state index in [0.717, 1.165) is 38.5 Å². The molecule has 0 aromatic rings. The van der Waals surface area contributed by atoms with Crippen LogP contribution in [0, 0.1) is 16.7 Å². The highest BCUT2D eigenvalue weighted by molar-refractivity contribution is 5.68. The highest BCUT2D eigenvalue weighted by atomic mass is 16.5. The van der Waals surface area contributed by atoms with E-state index in [1.807, 2.05) is 6.92 Å². The lowest BCUT2D eigenvalue weighted by molar-refractivity contribution is -0.198. The minimum Gasteiger partial charge on any atom is -0.481 e. The predicted octanol–water partition coefficient (Wildman–Crippen LogP) is 3.92.